The van der Waals surface area contributed by atoms with E-state index >= 15 is 0 Å². The van der Waals surface area contributed by atoms with E-state index in [9.17, 15) is 14.2 Å². The topological polar surface area (TPSA) is 115 Å². The minimum absolute atomic E-state index is 0.0182. The molecule has 0 aliphatic heterocycles. The van der Waals surface area contributed by atoms with Gasteiger partial charge in [0.1, 0.15) is 12.8 Å². The van der Waals surface area contributed by atoms with Crippen LogP contribution in [0.5, 0.6) is 0 Å². The molecule has 3 N–H and O–H groups in total. The lowest BCUT2D eigenvalue weighted by Gasteiger charge is -2.20. The standard InChI is InChI=1S/C7H12NO6P/c1-5(2)7(11)8(3-6(9)10)4-15(12,13)14/h1,3-4H2,2H3,(H,9,10)(H2,12,13,14). The summed E-state index contributed by atoms with van der Waals surface area (Å²) in [5.74, 6) is -2.14. The molecule has 0 rings (SSSR count). The van der Waals surface area contributed by atoms with Crippen molar-refractivity contribution in [2.45, 2.75) is 6.92 Å². The van der Waals surface area contributed by atoms with Crippen LogP contribution in [0.3, 0.4) is 0 Å². The molecule has 0 heterocycles. The molecule has 0 saturated carbocycles. The van der Waals surface area contributed by atoms with E-state index in [4.69, 9.17) is 14.9 Å². The average molecular weight is 237 g/mol. The first-order chi connectivity index (χ1) is 6.63. The molecule has 0 radical (unpaired) electrons. The normalized spacial score (nSPS) is 10.9. The summed E-state index contributed by atoms with van der Waals surface area (Å²) in [5.41, 5.74) is 0.0182. The second-order valence-corrected chi connectivity index (χ2v) is 4.60. The first-order valence-corrected chi connectivity index (χ1v) is 5.64. The number of nitrogens with zero attached hydrogens (tertiary/aromatic N) is 1. The van der Waals surface area contributed by atoms with Crippen molar-refractivity contribution >= 4 is 19.5 Å². The van der Waals surface area contributed by atoms with Crippen LogP contribution in [0.15, 0.2) is 12.2 Å². The maximum atomic E-state index is 11.3. The zero-order valence-electron chi connectivity index (χ0n) is 8.08. The quantitative estimate of drug-likeness (QED) is 0.443. The molecule has 0 aliphatic rings. The van der Waals surface area contributed by atoms with Crippen molar-refractivity contribution < 1.29 is 29.0 Å². The molecule has 0 unspecified atom stereocenters. The molecular weight excluding hydrogens is 225 g/mol. The van der Waals surface area contributed by atoms with Crippen LogP contribution in [0.25, 0.3) is 0 Å². The highest BCUT2D eigenvalue weighted by atomic mass is 31.2. The highest BCUT2D eigenvalue weighted by Crippen LogP contribution is 2.35. The zero-order valence-corrected chi connectivity index (χ0v) is 8.98. The SMILES string of the molecule is C=C(C)C(=O)N(CC(=O)O)CP(=O)(O)O. The molecule has 0 spiro atoms. The number of carbonyl (C=O) groups is 2. The third kappa shape index (κ3) is 6.01. The third-order valence-corrected chi connectivity index (χ3v) is 2.04. The lowest BCUT2D eigenvalue weighted by molar-refractivity contribution is -0.142. The van der Waals surface area contributed by atoms with Crippen LogP contribution in [-0.2, 0) is 14.2 Å². The summed E-state index contributed by atoms with van der Waals surface area (Å²) in [6.45, 7) is 3.84. The van der Waals surface area contributed by atoms with E-state index in [2.05, 4.69) is 6.58 Å². The number of carboxylic acid groups (broad SMARTS) is 1. The Morgan fingerprint density at radius 3 is 2.13 bits per heavy atom. The molecule has 0 bridgehead atoms. The minimum Gasteiger partial charge on any atom is -0.480 e. The van der Waals surface area contributed by atoms with Gasteiger partial charge in [-0.3, -0.25) is 14.2 Å². The lowest BCUT2D eigenvalue weighted by Crippen LogP contribution is -2.36. The Bertz CT molecular complexity index is 332. The third-order valence-electron chi connectivity index (χ3n) is 1.33. The molecular formula is C7H12NO6P. The first-order valence-electron chi connectivity index (χ1n) is 3.84. The van der Waals surface area contributed by atoms with Crippen molar-refractivity contribution in [1.82, 2.24) is 4.90 Å². The highest BCUT2D eigenvalue weighted by Gasteiger charge is 2.25. The van der Waals surface area contributed by atoms with Crippen LogP contribution in [0.4, 0.5) is 0 Å². The summed E-state index contributed by atoms with van der Waals surface area (Å²) in [7, 11) is -4.47. The van der Waals surface area contributed by atoms with Crippen LogP contribution in [0.2, 0.25) is 0 Å². The summed E-state index contributed by atoms with van der Waals surface area (Å²) >= 11 is 0. The molecule has 0 aromatic rings. The van der Waals surface area contributed by atoms with Gasteiger partial charge in [0.05, 0.1) is 0 Å². The van der Waals surface area contributed by atoms with E-state index < -0.39 is 32.3 Å². The van der Waals surface area contributed by atoms with E-state index in [0.29, 0.717) is 4.90 Å². The second kappa shape index (κ2) is 5.06. The summed E-state index contributed by atoms with van der Waals surface area (Å²) in [5, 5.41) is 8.43. The molecule has 0 fully saturated rings. The monoisotopic (exact) mass is 237 g/mol. The van der Waals surface area contributed by atoms with Crippen molar-refractivity contribution in [3.05, 3.63) is 12.2 Å². The summed E-state index contributed by atoms with van der Waals surface area (Å²) in [4.78, 5) is 39.4. The van der Waals surface area contributed by atoms with Gasteiger partial charge in [-0.05, 0) is 6.92 Å². The van der Waals surface area contributed by atoms with Gasteiger partial charge >= 0.3 is 13.6 Å². The van der Waals surface area contributed by atoms with Crippen molar-refractivity contribution in [2.24, 2.45) is 0 Å². The molecule has 0 aliphatic carbocycles. The Kier molecular flexibility index (Phi) is 4.67. The Morgan fingerprint density at radius 1 is 1.40 bits per heavy atom. The Labute approximate surface area is 86.2 Å². The molecule has 0 aromatic heterocycles. The van der Waals surface area contributed by atoms with Gasteiger partial charge in [-0.25, -0.2) is 0 Å². The van der Waals surface area contributed by atoms with Crippen LogP contribution < -0.4 is 0 Å². The van der Waals surface area contributed by atoms with E-state index in [1.54, 1.807) is 0 Å². The van der Waals surface area contributed by atoms with Crippen LogP contribution in [0, 0.1) is 0 Å². The molecule has 86 valence electrons. The average Bonchev–Trinajstić information content (AvgIpc) is 1.97. The highest BCUT2D eigenvalue weighted by molar-refractivity contribution is 7.51. The van der Waals surface area contributed by atoms with Crippen molar-refractivity contribution in [2.75, 3.05) is 12.8 Å². The van der Waals surface area contributed by atoms with Crippen LogP contribution >= 0.6 is 7.60 Å². The van der Waals surface area contributed by atoms with Gasteiger partial charge in [0.25, 0.3) is 0 Å². The predicted molar refractivity (Wildman–Crippen MR) is 51.1 cm³/mol. The Morgan fingerprint density at radius 2 is 1.87 bits per heavy atom. The molecule has 0 aromatic carbocycles. The lowest BCUT2D eigenvalue weighted by atomic mass is 10.3. The largest absolute Gasteiger partial charge is 0.480 e. The van der Waals surface area contributed by atoms with Gasteiger partial charge in [-0.2, -0.15) is 0 Å². The van der Waals surface area contributed by atoms with Gasteiger partial charge in [0.2, 0.25) is 5.91 Å². The number of hydrogen-bond donors (Lipinski definition) is 3. The maximum absolute atomic E-state index is 11.3. The Balaban J connectivity index is 4.74. The van der Waals surface area contributed by atoms with E-state index in [1.807, 2.05) is 0 Å². The number of hydrogen-bond acceptors (Lipinski definition) is 3. The molecule has 15 heavy (non-hydrogen) atoms. The smallest absolute Gasteiger partial charge is 0.344 e. The predicted octanol–water partition coefficient (Wildman–Crippen LogP) is -0.389. The number of carboxylic acids is 1. The Hall–Kier alpha value is -1.17. The molecule has 8 heteroatoms. The molecule has 1 amide bonds. The van der Waals surface area contributed by atoms with Crippen molar-refractivity contribution in [3.8, 4) is 0 Å². The van der Waals surface area contributed by atoms with Gasteiger partial charge < -0.3 is 19.8 Å². The number of carbonyl (C=O) groups excluding carboxylic acids is 1. The maximum Gasteiger partial charge on any atom is 0.344 e. The van der Waals surface area contributed by atoms with Gasteiger partial charge in [0, 0.05) is 5.57 Å². The summed E-state index contributed by atoms with van der Waals surface area (Å²) in [6, 6.07) is 0. The van der Waals surface area contributed by atoms with Crippen LogP contribution in [-0.4, -0.2) is 44.5 Å². The van der Waals surface area contributed by atoms with Gasteiger partial charge in [-0.1, -0.05) is 6.58 Å². The van der Waals surface area contributed by atoms with Crippen molar-refractivity contribution in [1.29, 1.82) is 0 Å². The number of aliphatic carboxylic acids is 1. The fourth-order valence-corrected chi connectivity index (χ4v) is 1.51. The fraction of sp³-hybridized carbons (Fsp3) is 0.429. The van der Waals surface area contributed by atoms with Gasteiger partial charge in [0.15, 0.2) is 0 Å². The number of rotatable bonds is 5. The zero-order chi connectivity index (χ0) is 12.2. The summed E-state index contributed by atoms with van der Waals surface area (Å²) < 4.78 is 10.6. The molecule has 0 atom stereocenters. The molecule has 7 nitrogen and oxygen atoms in total. The summed E-state index contributed by atoms with van der Waals surface area (Å²) in [6.07, 6.45) is -0.926. The molecule has 0 saturated heterocycles. The van der Waals surface area contributed by atoms with Crippen LogP contribution in [0.1, 0.15) is 6.92 Å². The van der Waals surface area contributed by atoms with Gasteiger partial charge in [-0.15, -0.1) is 0 Å². The fourth-order valence-electron chi connectivity index (χ4n) is 0.842. The minimum atomic E-state index is -4.47. The number of amides is 1. The first kappa shape index (κ1) is 13.8. The van der Waals surface area contributed by atoms with Crippen molar-refractivity contribution in [3.63, 3.8) is 0 Å². The van der Waals surface area contributed by atoms with E-state index in [1.165, 1.54) is 6.92 Å². The second-order valence-electron chi connectivity index (χ2n) is 2.98. The van der Waals surface area contributed by atoms with E-state index in [-0.39, 0.29) is 5.57 Å². The van der Waals surface area contributed by atoms with E-state index in [0.717, 1.165) is 0 Å².